The molecule has 17 heavy (non-hydrogen) atoms. The molecule has 2 atom stereocenters. The van der Waals surface area contributed by atoms with Crippen LogP contribution in [0.1, 0.15) is 13.8 Å². The van der Waals surface area contributed by atoms with E-state index in [4.69, 9.17) is 4.74 Å². The van der Waals surface area contributed by atoms with Crippen LogP contribution in [0.25, 0.3) is 0 Å². The van der Waals surface area contributed by atoms with Crippen LogP contribution in [0.3, 0.4) is 0 Å². The molecule has 96 valence electrons. The van der Waals surface area contributed by atoms with Gasteiger partial charge in [-0.1, -0.05) is 13.2 Å². The summed E-state index contributed by atoms with van der Waals surface area (Å²) in [6.07, 6.45) is 4.16. The summed E-state index contributed by atoms with van der Waals surface area (Å²) < 4.78 is 5.53. The van der Waals surface area contributed by atoms with Crippen molar-refractivity contribution in [2.45, 2.75) is 26.0 Å². The van der Waals surface area contributed by atoms with E-state index in [0.29, 0.717) is 26.0 Å². The van der Waals surface area contributed by atoms with Gasteiger partial charge in [-0.25, -0.2) is 0 Å². The van der Waals surface area contributed by atoms with E-state index in [9.17, 15) is 9.59 Å². The second-order valence-electron chi connectivity index (χ2n) is 3.71. The van der Waals surface area contributed by atoms with Gasteiger partial charge in [0.1, 0.15) is 0 Å². The zero-order chi connectivity index (χ0) is 13.3. The van der Waals surface area contributed by atoms with Crippen molar-refractivity contribution in [2.24, 2.45) is 0 Å². The third-order valence-corrected chi connectivity index (χ3v) is 2.30. The number of nitrogens with zero attached hydrogens (tertiary/aromatic N) is 2. The molecule has 0 aliphatic rings. The molecule has 0 rings (SSSR count). The van der Waals surface area contributed by atoms with Crippen molar-refractivity contribution in [3.8, 4) is 0 Å². The maximum atomic E-state index is 10.6. The number of carbonyl (C=O) groups excluding carboxylic acids is 2. The van der Waals surface area contributed by atoms with Gasteiger partial charge in [0.15, 0.2) is 0 Å². The molecule has 2 unspecified atom stereocenters. The van der Waals surface area contributed by atoms with Crippen LogP contribution in [-0.2, 0) is 14.3 Å². The van der Waals surface area contributed by atoms with Crippen molar-refractivity contribution in [3.63, 3.8) is 0 Å². The fourth-order valence-electron chi connectivity index (χ4n) is 1.23. The van der Waals surface area contributed by atoms with E-state index < -0.39 is 0 Å². The Balaban J connectivity index is 4.01. The van der Waals surface area contributed by atoms with Gasteiger partial charge in [0.05, 0.1) is 25.3 Å². The largest absolute Gasteiger partial charge is 0.375 e. The van der Waals surface area contributed by atoms with Gasteiger partial charge < -0.3 is 14.5 Å². The molecule has 0 saturated carbocycles. The van der Waals surface area contributed by atoms with Crippen LogP contribution in [0.5, 0.6) is 0 Å². The lowest BCUT2D eigenvalue weighted by atomic mass is 10.3. The number of carbonyl (C=O) groups is 2. The van der Waals surface area contributed by atoms with Crippen molar-refractivity contribution in [1.29, 1.82) is 0 Å². The normalized spacial score (nSPS) is 13.3. The molecule has 0 fully saturated rings. The van der Waals surface area contributed by atoms with Crippen molar-refractivity contribution in [1.82, 2.24) is 9.80 Å². The minimum Gasteiger partial charge on any atom is -0.375 e. The zero-order valence-electron chi connectivity index (χ0n) is 10.4. The Morgan fingerprint density at radius 1 is 1.18 bits per heavy atom. The van der Waals surface area contributed by atoms with Crippen LogP contribution in [-0.4, -0.2) is 47.9 Å². The predicted molar refractivity (Wildman–Crippen MR) is 65.9 cm³/mol. The van der Waals surface area contributed by atoms with E-state index in [1.54, 1.807) is 0 Å². The van der Waals surface area contributed by atoms with Gasteiger partial charge >= 0.3 is 0 Å². The SMILES string of the molecule is C=CN(C=O)CC(C)OCC(C)N(C=C)C=O. The lowest BCUT2D eigenvalue weighted by Crippen LogP contribution is -2.34. The average Bonchev–Trinajstić information content (AvgIpc) is 2.34. The monoisotopic (exact) mass is 240 g/mol. The summed E-state index contributed by atoms with van der Waals surface area (Å²) in [5.41, 5.74) is 0. The molecule has 0 aromatic rings. The van der Waals surface area contributed by atoms with E-state index >= 15 is 0 Å². The molecule has 0 spiro atoms. The topological polar surface area (TPSA) is 49.9 Å². The van der Waals surface area contributed by atoms with Crippen molar-refractivity contribution < 1.29 is 14.3 Å². The Bertz CT molecular complexity index is 252. The average molecular weight is 240 g/mol. The number of hydrogen-bond acceptors (Lipinski definition) is 3. The van der Waals surface area contributed by atoms with Gasteiger partial charge in [0.25, 0.3) is 0 Å². The molecule has 0 aliphatic heterocycles. The van der Waals surface area contributed by atoms with Gasteiger partial charge in [-0.3, -0.25) is 9.59 Å². The minimum absolute atomic E-state index is 0.0825. The molecule has 0 saturated heterocycles. The van der Waals surface area contributed by atoms with E-state index in [1.165, 1.54) is 22.2 Å². The van der Waals surface area contributed by atoms with Crippen LogP contribution in [0, 0.1) is 0 Å². The van der Waals surface area contributed by atoms with Gasteiger partial charge in [-0.2, -0.15) is 0 Å². The lowest BCUT2D eigenvalue weighted by Gasteiger charge is -2.24. The Labute approximate surface area is 102 Å². The predicted octanol–water partition coefficient (Wildman–Crippen LogP) is 0.984. The lowest BCUT2D eigenvalue weighted by molar-refractivity contribution is -0.119. The molecular formula is C12H20N2O3. The first kappa shape index (κ1) is 15.4. The molecule has 0 radical (unpaired) electrons. The second-order valence-corrected chi connectivity index (χ2v) is 3.71. The highest BCUT2D eigenvalue weighted by atomic mass is 16.5. The van der Waals surface area contributed by atoms with Crippen molar-refractivity contribution in [2.75, 3.05) is 13.2 Å². The standard InChI is InChI=1S/C12H20N2O3/c1-5-13(9-15)7-12(4)17-8-11(3)14(6-2)10-16/h5-6,9-12H,1-2,7-8H2,3-4H3. The van der Waals surface area contributed by atoms with Crippen molar-refractivity contribution in [3.05, 3.63) is 25.6 Å². The van der Waals surface area contributed by atoms with E-state index in [0.717, 1.165) is 0 Å². The molecular weight excluding hydrogens is 220 g/mol. The Kier molecular flexibility index (Phi) is 7.71. The van der Waals surface area contributed by atoms with Crippen LogP contribution in [0.2, 0.25) is 0 Å². The fourth-order valence-corrected chi connectivity index (χ4v) is 1.23. The highest BCUT2D eigenvalue weighted by Gasteiger charge is 2.12. The Morgan fingerprint density at radius 3 is 2.24 bits per heavy atom. The summed E-state index contributed by atoms with van der Waals surface area (Å²) in [6, 6.07) is -0.0825. The van der Waals surface area contributed by atoms with Crippen LogP contribution < -0.4 is 0 Å². The summed E-state index contributed by atoms with van der Waals surface area (Å²) in [5, 5.41) is 0. The van der Waals surface area contributed by atoms with Gasteiger partial charge in [0, 0.05) is 0 Å². The van der Waals surface area contributed by atoms with E-state index in [2.05, 4.69) is 13.2 Å². The third-order valence-electron chi connectivity index (χ3n) is 2.30. The van der Waals surface area contributed by atoms with Gasteiger partial charge in [-0.05, 0) is 26.2 Å². The summed E-state index contributed by atoms with van der Waals surface area (Å²) in [7, 11) is 0. The quantitative estimate of drug-likeness (QED) is 0.535. The molecule has 5 nitrogen and oxygen atoms in total. The van der Waals surface area contributed by atoms with Gasteiger partial charge in [0.2, 0.25) is 12.8 Å². The molecule has 2 amide bonds. The molecule has 0 aromatic carbocycles. The first-order valence-corrected chi connectivity index (χ1v) is 5.39. The Morgan fingerprint density at radius 2 is 1.82 bits per heavy atom. The molecule has 0 N–H and O–H groups in total. The number of amides is 2. The molecule has 0 aromatic heterocycles. The van der Waals surface area contributed by atoms with Crippen LogP contribution in [0.15, 0.2) is 25.6 Å². The number of hydrogen-bond donors (Lipinski definition) is 0. The summed E-state index contributed by atoms with van der Waals surface area (Å²) in [6.45, 7) is 11.6. The molecule has 5 heteroatoms. The minimum atomic E-state index is -0.126. The summed E-state index contributed by atoms with van der Waals surface area (Å²) in [5.74, 6) is 0. The second kappa shape index (κ2) is 8.52. The summed E-state index contributed by atoms with van der Waals surface area (Å²) in [4.78, 5) is 24.0. The number of rotatable bonds is 10. The first-order chi connectivity index (χ1) is 8.08. The molecule has 0 heterocycles. The Hall–Kier alpha value is -1.62. The highest BCUT2D eigenvalue weighted by Crippen LogP contribution is 2.01. The van der Waals surface area contributed by atoms with Crippen LogP contribution in [0.4, 0.5) is 0 Å². The molecule has 0 bridgehead atoms. The zero-order valence-corrected chi connectivity index (χ0v) is 10.4. The maximum Gasteiger partial charge on any atom is 0.213 e. The van der Waals surface area contributed by atoms with Crippen LogP contribution >= 0.6 is 0 Å². The smallest absolute Gasteiger partial charge is 0.213 e. The van der Waals surface area contributed by atoms with E-state index in [1.807, 2.05) is 13.8 Å². The van der Waals surface area contributed by atoms with Crippen molar-refractivity contribution >= 4 is 12.8 Å². The molecule has 0 aliphatic carbocycles. The van der Waals surface area contributed by atoms with Gasteiger partial charge in [-0.15, -0.1) is 0 Å². The maximum absolute atomic E-state index is 10.6. The first-order valence-electron chi connectivity index (χ1n) is 5.39. The number of ether oxygens (including phenoxy) is 1. The highest BCUT2D eigenvalue weighted by molar-refractivity contribution is 5.49. The van der Waals surface area contributed by atoms with E-state index in [-0.39, 0.29) is 12.1 Å². The fraction of sp³-hybridized carbons (Fsp3) is 0.500. The third kappa shape index (κ3) is 5.87. The summed E-state index contributed by atoms with van der Waals surface area (Å²) >= 11 is 0.